The number of ether oxygens (including phenoxy) is 1. The standard InChI is InChI=1S/C21H22FN3O/c1-15-5-6-18(8-19(15)22)26-14-21-9-16(21)11-24(13-21)12-20-23-10-17-4-2-3-7-25(17)20/h2-8,10,16H,9,11-14H2,1H3. The van der Waals surface area contributed by atoms with Crippen LogP contribution in [-0.2, 0) is 6.54 Å². The number of rotatable bonds is 5. The van der Waals surface area contributed by atoms with E-state index in [1.54, 1.807) is 13.0 Å². The zero-order valence-corrected chi connectivity index (χ0v) is 14.9. The van der Waals surface area contributed by atoms with Crippen molar-refractivity contribution in [3.05, 3.63) is 66.0 Å². The molecule has 1 aliphatic heterocycles. The van der Waals surface area contributed by atoms with Crippen LogP contribution in [0.3, 0.4) is 0 Å². The Morgan fingerprint density at radius 3 is 3.12 bits per heavy atom. The maximum atomic E-state index is 13.7. The molecule has 5 rings (SSSR count). The lowest BCUT2D eigenvalue weighted by Crippen LogP contribution is -2.28. The van der Waals surface area contributed by atoms with Gasteiger partial charge in [0.15, 0.2) is 0 Å². The van der Waals surface area contributed by atoms with Crippen LogP contribution in [0.4, 0.5) is 4.39 Å². The second kappa shape index (κ2) is 5.81. The van der Waals surface area contributed by atoms with Crippen LogP contribution in [0.2, 0.25) is 0 Å². The summed E-state index contributed by atoms with van der Waals surface area (Å²) in [4.78, 5) is 7.05. The molecular weight excluding hydrogens is 329 g/mol. The molecule has 2 unspecified atom stereocenters. The highest BCUT2D eigenvalue weighted by molar-refractivity contribution is 5.45. The number of fused-ring (bicyclic) bond motifs is 2. The number of aryl methyl sites for hydroxylation is 1. The molecule has 4 nitrogen and oxygen atoms in total. The van der Waals surface area contributed by atoms with Gasteiger partial charge in [0, 0.05) is 30.8 Å². The van der Waals surface area contributed by atoms with E-state index in [0.717, 1.165) is 31.0 Å². The number of benzene rings is 1. The lowest BCUT2D eigenvalue weighted by molar-refractivity contribution is 0.198. The van der Waals surface area contributed by atoms with Crippen molar-refractivity contribution in [3.63, 3.8) is 0 Å². The van der Waals surface area contributed by atoms with E-state index in [1.807, 2.05) is 24.4 Å². The van der Waals surface area contributed by atoms with Crippen molar-refractivity contribution in [2.75, 3.05) is 19.7 Å². The third-order valence-electron chi connectivity index (χ3n) is 5.93. The van der Waals surface area contributed by atoms with E-state index in [1.165, 1.54) is 12.5 Å². The first-order valence-electron chi connectivity index (χ1n) is 9.15. The van der Waals surface area contributed by atoms with E-state index in [9.17, 15) is 4.39 Å². The normalized spacial score (nSPS) is 24.8. The Hall–Kier alpha value is -2.40. The first-order chi connectivity index (χ1) is 12.6. The van der Waals surface area contributed by atoms with Gasteiger partial charge >= 0.3 is 0 Å². The van der Waals surface area contributed by atoms with Gasteiger partial charge in [0.05, 0.1) is 24.9 Å². The summed E-state index contributed by atoms with van der Waals surface area (Å²) in [7, 11) is 0. The summed E-state index contributed by atoms with van der Waals surface area (Å²) in [6.07, 6.45) is 5.20. The maximum Gasteiger partial charge on any atom is 0.129 e. The number of piperidine rings is 1. The van der Waals surface area contributed by atoms with Crippen molar-refractivity contribution >= 4 is 5.52 Å². The fourth-order valence-corrected chi connectivity index (χ4v) is 4.25. The number of hydrogen-bond acceptors (Lipinski definition) is 3. The van der Waals surface area contributed by atoms with Crippen LogP contribution in [0.25, 0.3) is 5.52 Å². The second-order valence-corrected chi connectivity index (χ2v) is 7.80. The molecule has 0 radical (unpaired) electrons. The molecule has 0 amide bonds. The number of likely N-dealkylation sites (tertiary alicyclic amines) is 1. The van der Waals surface area contributed by atoms with E-state index in [2.05, 4.69) is 26.5 Å². The summed E-state index contributed by atoms with van der Waals surface area (Å²) in [6.45, 7) is 5.40. The molecule has 0 bridgehead atoms. The Kier molecular flexibility index (Phi) is 3.54. The van der Waals surface area contributed by atoms with Crippen molar-refractivity contribution in [3.8, 4) is 5.75 Å². The third kappa shape index (κ3) is 2.67. The van der Waals surface area contributed by atoms with Crippen molar-refractivity contribution in [2.24, 2.45) is 11.3 Å². The number of pyridine rings is 1. The number of hydrogen-bond donors (Lipinski definition) is 0. The molecule has 1 aliphatic carbocycles. The molecule has 3 heterocycles. The Morgan fingerprint density at radius 1 is 1.31 bits per heavy atom. The maximum absolute atomic E-state index is 13.7. The molecule has 5 heteroatoms. The Bertz CT molecular complexity index is 969. The van der Waals surface area contributed by atoms with Gasteiger partial charge in [-0.1, -0.05) is 12.1 Å². The summed E-state index contributed by atoms with van der Waals surface area (Å²) < 4.78 is 21.8. The van der Waals surface area contributed by atoms with Gasteiger partial charge in [0.1, 0.15) is 17.4 Å². The summed E-state index contributed by atoms with van der Waals surface area (Å²) in [5.41, 5.74) is 2.01. The molecule has 0 spiro atoms. The minimum atomic E-state index is -0.202. The number of nitrogens with zero attached hydrogens (tertiary/aromatic N) is 3. The largest absolute Gasteiger partial charge is 0.493 e. The Morgan fingerprint density at radius 2 is 2.23 bits per heavy atom. The minimum Gasteiger partial charge on any atom is -0.493 e. The van der Waals surface area contributed by atoms with Crippen LogP contribution in [-0.4, -0.2) is 34.0 Å². The van der Waals surface area contributed by atoms with Crippen LogP contribution in [0.5, 0.6) is 5.75 Å². The van der Waals surface area contributed by atoms with Crippen molar-refractivity contribution < 1.29 is 9.13 Å². The third-order valence-corrected chi connectivity index (χ3v) is 5.93. The lowest BCUT2D eigenvalue weighted by Gasteiger charge is -2.20. The lowest BCUT2D eigenvalue weighted by atomic mass is 10.1. The molecule has 2 fully saturated rings. The SMILES string of the molecule is Cc1ccc(OCC23CC2CN(Cc2ncc4ccccn24)C3)cc1F. The molecule has 1 saturated carbocycles. The predicted molar refractivity (Wildman–Crippen MR) is 97.6 cm³/mol. The van der Waals surface area contributed by atoms with E-state index in [-0.39, 0.29) is 11.2 Å². The highest BCUT2D eigenvalue weighted by Crippen LogP contribution is 2.58. The molecule has 2 atom stereocenters. The minimum absolute atomic E-state index is 0.202. The summed E-state index contributed by atoms with van der Waals surface area (Å²) in [5, 5.41) is 0. The van der Waals surface area contributed by atoms with Crippen LogP contribution < -0.4 is 4.74 Å². The predicted octanol–water partition coefficient (Wildman–Crippen LogP) is 3.68. The van der Waals surface area contributed by atoms with Crippen LogP contribution >= 0.6 is 0 Å². The quantitative estimate of drug-likeness (QED) is 0.702. The molecule has 1 saturated heterocycles. The molecule has 2 aliphatic rings. The molecule has 1 aromatic carbocycles. The van der Waals surface area contributed by atoms with E-state index in [4.69, 9.17) is 4.74 Å². The highest BCUT2D eigenvalue weighted by atomic mass is 19.1. The fourth-order valence-electron chi connectivity index (χ4n) is 4.25. The fraction of sp³-hybridized carbons (Fsp3) is 0.381. The summed E-state index contributed by atoms with van der Waals surface area (Å²) >= 11 is 0. The average Bonchev–Trinajstić information content (AvgIpc) is 2.99. The Labute approximate surface area is 152 Å². The smallest absolute Gasteiger partial charge is 0.129 e. The van der Waals surface area contributed by atoms with Gasteiger partial charge in [0.2, 0.25) is 0 Å². The van der Waals surface area contributed by atoms with Crippen molar-refractivity contribution in [1.82, 2.24) is 14.3 Å². The zero-order valence-electron chi connectivity index (χ0n) is 14.9. The van der Waals surface area contributed by atoms with Crippen molar-refractivity contribution in [1.29, 1.82) is 0 Å². The summed E-state index contributed by atoms with van der Waals surface area (Å²) in [5.74, 6) is 2.19. The van der Waals surface area contributed by atoms with Gasteiger partial charge in [-0.2, -0.15) is 0 Å². The van der Waals surface area contributed by atoms with Crippen molar-refractivity contribution in [2.45, 2.75) is 19.9 Å². The average molecular weight is 351 g/mol. The van der Waals surface area contributed by atoms with Gasteiger partial charge in [0.25, 0.3) is 0 Å². The van der Waals surface area contributed by atoms with E-state index in [0.29, 0.717) is 23.8 Å². The zero-order chi connectivity index (χ0) is 17.7. The number of halogens is 1. The highest BCUT2D eigenvalue weighted by Gasteiger charge is 2.60. The van der Waals surface area contributed by atoms with E-state index < -0.39 is 0 Å². The molecule has 0 N–H and O–H groups in total. The van der Waals surface area contributed by atoms with Gasteiger partial charge in [-0.3, -0.25) is 4.90 Å². The first-order valence-corrected chi connectivity index (χ1v) is 9.15. The van der Waals surface area contributed by atoms with Gasteiger partial charge in [-0.05, 0) is 43.0 Å². The van der Waals surface area contributed by atoms with Crippen LogP contribution in [0, 0.1) is 24.1 Å². The van der Waals surface area contributed by atoms with Gasteiger partial charge in [-0.15, -0.1) is 0 Å². The Balaban J connectivity index is 1.24. The first kappa shape index (κ1) is 15.8. The second-order valence-electron chi connectivity index (χ2n) is 7.80. The van der Waals surface area contributed by atoms with Crippen LogP contribution in [0.15, 0.2) is 48.8 Å². The molecule has 2 aromatic heterocycles. The molecule has 26 heavy (non-hydrogen) atoms. The topological polar surface area (TPSA) is 29.8 Å². The van der Waals surface area contributed by atoms with Gasteiger partial charge < -0.3 is 9.14 Å². The molecule has 134 valence electrons. The van der Waals surface area contributed by atoms with E-state index >= 15 is 0 Å². The monoisotopic (exact) mass is 351 g/mol. The molecule has 3 aromatic rings. The number of aromatic nitrogens is 2. The van der Waals surface area contributed by atoms with Gasteiger partial charge in [-0.25, -0.2) is 9.37 Å². The number of imidazole rings is 1. The molecular formula is C21H22FN3O. The summed E-state index contributed by atoms with van der Waals surface area (Å²) in [6, 6.07) is 11.3. The van der Waals surface area contributed by atoms with Crippen LogP contribution in [0.1, 0.15) is 17.8 Å².